The topological polar surface area (TPSA) is 72.8 Å². The molecule has 0 aromatic carbocycles. The molecule has 1 spiro atoms. The van der Waals surface area contributed by atoms with E-state index in [1.807, 2.05) is 6.08 Å². The predicted molar refractivity (Wildman–Crippen MR) is 118 cm³/mol. The fraction of sp³-hybridized carbons (Fsp3) is 0.852. The number of carbonyl (C=O) groups excluding carboxylic acids is 2. The number of aliphatic hydroxyl groups excluding tert-OH is 1. The molecule has 0 amide bonds. The highest BCUT2D eigenvalue weighted by atomic mass is 16.7. The molecule has 4 aliphatic carbocycles. The first-order chi connectivity index (χ1) is 15.1. The van der Waals surface area contributed by atoms with Crippen molar-refractivity contribution >= 4 is 11.6 Å². The lowest BCUT2D eigenvalue weighted by molar-refractivity contribution is -0.272. The molecule has 2 heterocycles. The number of hydrogen-bond acceptors (Lipinski definition) is 5. The first-order valence-electron chi connectivity index (χ1n) is 12.9. The van der Waals surface area contributed by atoms with Crippen molar-refractivity contribution in [2.45, 2.75) is 90.6 Å². The molecule has 0 radical (unpaired) electrons. The molecule has 5 heteroatoms. The van der Waals surface area contributed by atoms with Crippen molar-refractivity contribution < 1.29 is 24.2 Å². The summed E-state index contributed by atoms with van der Waals surface area (Å²) in [4.78, 5) is 27.4. The molecule has 5 nitrogen and oxygen atoms in total. The molecule has 2 aliphatic heterocycles. The van der Waals surface area contributed by atoms with Crippen molar-refractivity contribution in [1.29, 1.82) is 0 Å². The maximum absolute atomic E-state index is 13.9. The molecule has 11 unspecified atom stereocenters. The van der Waals surface area contributed by atoms with E-state index in [1.54, 1.807) is 0 Å². The molecule has 0 aromatic rings. The van der Waals surface area contributed by atoms with Gasteiger partial charge >= 0.3 is 0 Å². The average molecular weight is 443 g/mol. The van der Waals surface area contributed by atoms with E-state index in [0.717, 1.165) is 37.9 Å². The summed E-state index contributed by atoms with van der Waals surface area (Å²) in [6, 6.07) is 0. The Kier molecular flexibility index (Phi) is 4.54. The molecule has 11 atom stereocenters. The summed E-state index contributed by atoms with van der Waals surface area (Å²) >= 11 is 0. The normalized spacial score (nSPS) is 57.0. The summed E-state index contributed by atoms with van der Waals surface area (Å²) in [5.41, 5.74) is 0.509. The number of rotatable bonds is 0. The highest BCUT2D eigenvalue weighted by Gasteiger charge is 2.71. The van der Waals surface area contributed by atoms with Gasteiger partial charge in [-0.05, 0) is 54.3 Å². The highest BCUT2D eigenvalue weighted by molar-refractivity contribution is 5.96. The second kappa shape index (κ2) is 6.76. The van der Waals surface area contributed by atoms with Crippen LogP contribution in [0.25, 0.3) is 0 Å². The van der Waals surface area contributed by atoms with E-state index < -0.39 is 11.9 Å². The van der Waals surface area contributed by atoms with Crippen molar-refractivity contribution in [1.82, 2.24) is 0 Å². The number of ketones is 2. The third kappa shape index (κ3) is 2.62. The minimum absolute atomic E-state index is 0.0747. The highest BCUT2D eigenvalue weighted by Crippen LogP contribution is 2.69. The van der Waals surface area contributed by atoms with Crippen LogP contribution in [0.2, 0.25) is 0 Å². The van der Waals surface area contributed by atoms with Crippen molar-refractivity contribution in [3.05, 3.63) is 11.6 Å². The van der Waals surface area contributed by atoms with Gasteiger partial charge in [0.25, 0.3) is 0 Å². The van der Waals surface area contributed by atoms with Crippen LogP contribution in [0.5, 0.6) is 0 Å². The summed E-state index contributed by atoms with van der Waals surface area (Å²) in [6.45, 7) is 9.68. The van der Waals surface area contributed by atoms with Gasteiger partial charge in [-0.2, -0.15) is 0 Å². The third-order valence-electron chi connectivity index (χ3n) is 10.9. The standard InChI is InChI=1S/C27H38O5/c1-14-5-8-27(31-13-14)15(2)23-21(32-27)11-18-22-19(29)10-16-9-17(28)6-7-25(16,3)24(22)20(30)12-26(18,23)4/h9,14-15,17-18,21-24,28H,5-8,10-13H2,1-4H3. The van der Waals surface area contributed by atoms with Gasteiger partial charge in [0.1, 0.15) is 11.6 Å². The number of hydrogen-bond donors (Lipinski definition) is 1. The number of Topliss-reactive ketones (excluding diaryl/α,β-unsaturated/α-hetero) is 2. The zero-order valence-electron chi connectivity index (χ0n) is 19.9. The fourth-order valence-corrected chi connectivity index (χ4v) is 9.25. The van der Waals surface area contributed by atoms with Crippen LogP contribution in [0.4, 0.5) is 0 Å². The molecule has 6 aliphatic rings. The smallest absolute Gasteiger partial charge is 0.171 e. The molecule has 2 saturated heterocycles. The maximum atomic E-state index is 13.9. The van der Waals surface area contributed by atoms with Gasteiger partial charge in [-0.1, -0.05) is 39.3 Å². The van der Waals surface area contributed by atoms with Crippen LogP contribution in [-0.4, -0.2) is 41.3 Å². The second-order valence-electron chi connectivity index (χ2n) is 12.6. The van der Waals surface area contributed by atoms with Gasteiger partial charge in [0, 0.05) is 37.0 Å². The van der Waals surface area contributed by atoms with E-state index in [9.17, 15) is 14.7 Å². The van der Waals surface area contributed by atoms with E-state index in [2.05, 4.69) is 27.7 Å². The van der Waals surface area contributed by atoms with E-state index in [0.29, 0.717) is 25.2 Å². The van der Waals surface area contributed by atoms with Gasteiger partial charge in [0.05, 0.1) is 18.8 Å². The van der Waals surface area contributed by atoms with Crippen molar-refractivity contribution in [3.63, 3.8) is 0 Å². The summed E-state index contributed by atoms with van der Waals surface area (Å²) in [5.74, 6) is 0.771. The van der Waals surface area contributed by atoms with Crippen LogP contribution in [0.15, 0.2) is 11.6 Å². The molecule has 0 aromatic heterocycles. The van der Waals surface area contributed by atoms with Crippen LogP contribution in [0.3, 0.4) is 0 Å². The molecular weight excluding hydrogens is 404 g/mol. The number of ether oxygens (including phenoxy) is 2. The molecule has 6 rings (SSSR count). The summed E-state index contributed by atoms with van der Waals surface area (Å²) < 4.78 is 13.1. The monoisotopic (exact) mass is 442 g/mol. The van der Waals surface area contributed by atoms with Crippen LogP contribution >= 0.6 is 0 Å². The van der Waals surface area contributed by atoms with Crippen molar-refractivity contribution in [2.24, 2.45) is 46.3 Å². The molecule has 5 fully saturated rings. The SMILES string of the molecule is CC1CCC2(OC1)OC1CC3C4C(=O)CC5=CC(O)CCC5(C)C4C(=O)CC3(C)C1C2C. The van der Waals surface area contributed by atoms with E-state index in [4.69, 9.17) is 9.47 Å². The predicted octanol–water partition coefficient (Wildman–Crippen LogP) is 4.07. The van der Waals surface area contributed by atoms with Crippen LogP contribution in [-0.2, 0) is 19.1 Å². The van der Waals surface area contributed by atoms with E-state index >= 15 is 0 Å². The minimum atomic E-state index is -0.506. The Morgan fingerprint density at radius 1 is 1.09 bits per heavy atom. The molecule has 176 valence electrons. The summed E-state index contributed by atoms with van der Waals surface area (Å²) in [6.07, 6.45) is 6.77. The first kappa shape index (κ1) is 21.5. The van der Waals surface area contributed by atoms with Crippen LogP contribution < -0.4 is 0 Å². The second-order valence-corrected chi connectivity index (χ2v) is 12.6. The lowest BCUT2D eigenvalue weighted by Crippen LogP contribution is -2.59. The average Bonchev–Trinajstić information content (AvgIpc) is 3.16. The number of fused-ring (bicyclic) bond motifs is 7. The Morgan fingerprint density at radius 2 is 1.88 bits per heavy atom. The largest absolute Gasteiger partial charge is 0.389 e. The Morgan fingerprint density at radius 3 is 2.59 bits per heavy atom. The lowest BCUT2D eigenvalue weighted by Gasteiger charge is -2.57. The van der Waals surface area contributed by atoms with Gasteiger partial charge in [0.2, 0.25) is 0 Å². The fourth-order valence-electron chi connectivity index (χ4n) is 9.25. The zero-order valence-corrected chi connectivity index (χ0v) is 19.9. The number of aliphatic hydroxyl groups is 1. The quantitative estimate of drug-likeness (QED) is 0.573. The Bertz CT molecular complexity index is 884. The van der Waals surface area contributed by atoms with Gasteiger partial charge in [-0.3, -0.25) is 9.59 Å². The molecular formula is C27H38O5. The maximum Gasteiger partial charge on any atom is 0.171 e. The molecule has 32 heavy (non-hydrogen) atoms. The minimum Gasteiger partial charge on any atom is -0.389 e. The lowest BCUT2D eigenvalue weighted by atomic mass is 9.45. The summed E-state index contributed by atoms with van der Waals surface area (Å²) in [5, 5.41) is 10.2. The van der Waals surface area contributed by atoms with Gasteiger partial charge in [-0.25, -0.2) is 0 Å². The van der Waals surface area contributed by atoms with Gasteiger partial charge in [-0.15, -0.1) is 0 Å². The van der Waals surface area contributed by atoms with Crippen molar-refractivity contribution in [3.8, 4) is 0 Å². The molecule has 1 N–H and O–H groups in total. The van der Waals surface area contributed by atoms with Gasteiger partial charge in [0.15, 0.2) is 5.79 Å². The van der Waals surface area contributed by atoms with Crippen LogP contribution in [0.1, 0.15) is 72.6 Å². The Labute approximate surface area is 191 Å². The third-order valence-corrected chi connectivity index (χ3v) is 10.9. The number of carbonyl (C=O) groups is 2. The zero-order chi connectivity index (χ0) is 22.6. The van der Waals surface area contributed by atoms with Crippen molar-refractivity contribution in [2.75, 3.05) is 6.61 Å². The van der Waals surface area contributed by atoms with Gasteiger partial charge < -0.3 is 14.6 Å². The molecule has 3 saturated carbocycles. The summed E-state index contributed by atoms with van der Waals surface area (Å²) in [7, 11) is 0. The van der Waals surface area contributed by atoms with E-state index in [1.165, 1.54) is 0 Å². The van der Waals surface area contributed by atoms with Crippen LogP contribution in [0, 0.1) is 46.3 Å². The molecule has 0 bridgehead atoms. The number of allylic oxidation sites excluding steroid dienone is 1. The Balaban J connectivity index is 1.35. The Hall–Kier alpha value is -1.04. The first-order valence-corrected chi connectivity index (χ1v) is 12.9. The van der Waals surface area contributed by atoms with E-state index in [-0.39, 0.29) is 58.1 Å².